The van der Waals surface area contributed by atoms with Gasteiger partial charge in [0.05, 0.1) is 13.2 Å². The second kappa shape index (κ2) is 4.07. The van der Waals surface area contributed by atoms with Crippen LogP contribution in [0.5, 0.6) is 0 Å². The van der Waals surface area contributed by atoms with Gasteiger partial charge in [0.1, 0.15) is 0 Å². The summed E-state index contributed by atoms with van der Waals surface area (Å²) in [5, 5.41) is 6.24. The first-order valence-electron chi connectivity index (χ1n) is 4.92. The summed E-state index contributed by atoms with van der Waals surface area (Å²) in [4.78, 5) is 11.4. The molecular formula is C9H16N2O2. The Labute approximate surface area is 78.0 Å². The Bertz CT molecular complexity index is 186. The van der Waals surface area contributed by atoms with Gasteiger partial charge in [0.25, 0.3) is 0 Å². The fourth-order valence-corrected chi connectivity index (χ4v) is 1.73. The summed E-state index contributed by atoms with van der Waals surface area (Å²) < 4.78 is 5.01. The van der Waals surface area contributed by atoms with Gasteiger partial charge in [0.2, 0.25) is 5.91 Å². The van der Waals surface area contributed by atoms with Crippen LogP contribution in [0.2, 0.25) is 0 Å². The van der Waals surface area contributed by atoms with Crippen LogP contribution in [0.1, 0.15) is 12.8 Å². The van der Waals surface area contributed by atoms with Gasteiger partial charge in [-0.1, -0.05) is 0 Å². The van der Waals surface area contributed by atoms with E-state index < -0.39 is 0 Å². The molecule has 1 unspecified atom stereocenters. The quantitative estimate of drug-likeness (QED) is 0.622. The van der Waals surface area contributed by atoms with Crippen LogP contribution in [0.4, 0.5) is 0 Å². The molecular weight excluding hydrogens is 168 g/mol. The largest absolute Gasteiger partial charge is 0.381 e. The molecule has 2 rings (SSSR count). The van der Waals surface area contributed by atoms with E-state index in [1.165, 1.54) is 0 Å². The van der Waals surface area contributed by atoms with Crippen molar-refractivity contribution < 1.29 is 9.53 Å². The van der Waals surface area contributed by atoms with Crippen LogP contribution in [-0.4, -0.2) is 38.3 Å². The van der Waals surface area contributed by atoms with E-state index in [1.807, 2.05) is 0 Å². The van der Waals surface area contributed by atoms with Gasteiger partial charge >= 0.3 is 0 Å². The standard InChI is InChI=1S/C9H16N2O2/c12-9(3-7-5-13-6-7)11-8-1-2-10-4-8/h7-8,10H,1-6H2,(H,11,12). The number of nitrogens with one attached hydrogen (secondary N) is 2. The van der Waals surface area contributed by atoms with Gasteiger partial charge < -0.3 is 15.4 Å². The molecule has 4 nitrogen and oxygen atoms in total. The zero-order valence-electron chi connectivity index (χ0n) is 7.71. The molecule has 0 aliphatic carbocycles. The van der Waals surface area contributed by atoms with Crippen LogP contribution in [0.3, 0.4) is 0 Å². The first-order valence-corrected chi connectivity index (χ1v) is 4.92. The molecule has 0 radical (unpaired) electrons. The third kappa shape index (κ3) is 2.42. The van der Waals surface area contributed by atoms with Crippen molar-refractivity contribution in [1.82, 2.24) is 10.6 Å². The van der Waals surface area contributed by atoms with E-state index in [0.717, 1.165) is 32.7 Å². The predicted molar refractivity (Wildman–Crippen MR) is 48.3 cm³/mol. The predicted octanol–water partition coefficient (Wildman–Crippen LogP) is -0.499. The summed E-state index contributed by atoms with van der Waals surface area (Å²) in [7, 11) is 0. The summed E-state index contributed by atoms with van der Waals surface area (Å²) >= 11 is 0. The summed E-state index contributed by atoms with van der Waals surface area (Å²) in [6.45, 7) is 3.47. The molecule has 0 aromatic rings. The van der Waals surface area contributed by atoms with E-state index in [9.17, 15) is 4.79 Å². The number of rotatable bonds is 3. The van der Waals surface area contributed by atoms with E-state index >= 15 is 0 Å². The minimum Gasteiger partial charge on any atom is -0.381 e. The fourth-order valence-electron chi connectivity index (χ4n) is 1.73. The van der Waals surface area contributed by atoms with Crippen molar-refractivity contribution in [1.29, 1.82) is 0 Å². The van der Waals surface area contributed by atoms with E-state index in [0.29, 0.717) is 18.4 Å². The van der Waals surface area contributed by atoms with E-state index in [1.54, 1.807) is 0 Å². The molecule has 0 spiro atoms. The van der Waals surface area contributed by atoms with Gasteiger partial charge in [0.15, 0.2) is 0 Å². The van der Waals surface area contributed by atoms with Crippen molar-refractivity contribution in [2.45, 2.75) is 18.9 Å². The smallest absolute Gasteiger partial charge is 0.220 e. The van der Waals surface area contributed by atoms with Crippen molar-refractivity contribution in [2.24, 2.45) is 5.92 Å². The third-order valence-corrected chi connectivity index (χ3v) is 2.61. The van der Waals surface area contributed by atoms with E-state index in [-0.39, 0.29) is 5.91 Å². The second-order valence-electron chi connectivity index (χ2n) is 3.86. The molecule has 2 saturated heterocycles. The molecule has 2 heterocycles. The van der Waals surface area contributed by atoms with E-state index in [4.69, 9.17) is 4.74 Å². The second-order valence-corrected chi connectivity index (χ2v) is 3.86. The number of hydrogen-bond donors (Lipinski definition) is 2. The Balaban J connectivity index is 1.64. The zero-order valence-corrected chi connectivity index (χ0v) is 7.71. The highest BCUT2D eigenvalue weighted by molar-refractivity contribution is 5.76. The Kier molecular flexibility index (Phi) is 2.80. The van der Waals surface area contributed by atoms with Crippen molar-refractivity contribution in [3.8, 4) is 0 Å². The van der Waals surface area contributed by atoms with Gasteiger partial charge in [-0.05, 0) is 13.0 Å². The van der Waals surface area contributed by atoms with Crippen molar-refractivity contribution in [3.05, 3.63) is 0 Å². The number of ether oxygens (including phenoxy) is 1. The van der Waals surface area contributed by atoms with Gasteiger partial charge in [-0.2, -0.15) is 0 Å². The zero-order chi connectivity index (χ0) is 9.10. The lowest BCUT2D eigenvalue weighted by Crippen LogP contribution is -2.40. The number of amides is 1. The average Bonchev–Trinajstić information content (AvgIpc) is 2.49. The molecule has 2 N–H and O–H groups in total. The van der Waals surface area contributed by atoms with Gasteiger partial charge in [0, 0.05) is 24.9 Å². The molecule has 1 atom stereocenters. The first kappa shape index (κ1) is 8.97. The molecule has 0 bridgehead atoms. The number of carbonyl (C=O) groups excluding carboxylic acids is 1. The number of carbonyl (C=O) groups is 1. The summed E-state index contributed by atoms with van der Waals surface area (Å²) in [6, 6.07) is 0.355. The highest BCUT2D eigenvalue weighted by Gasteiger charge is 2.23. The average molecular weight is 184 g/mol. The van der Waals surface area contributed by atoms with E-state index in [2.05, 4.69) is 10.6 Å². The van der Waals surface area contributed by atoms with Crippen LogP contribution in [0, 0.1) is 5.92 Å². The van der Waals surface area contributed by atoms with Crippen molar-refractivity contribution in [3.63, 3.8) is 0 Å². The molecule has 0 saturated carbocycles. The highest BCUT2D eigenvalue weighted by Crippen LogP contribution is 2.14. The summed E-state index contributed by atoms with van der Waals surface area (Å²) in [5.41, 5.74) is 0. The molecule has 13 heavy (non-hydrogen) atoms. The molecule has 0 aromatic carbocycles. The maximum atomic E-state index is 11.4. The van der Waals surface area contributed by atoms with Crippen LogP contribution < -0.4 is 10.6 Å². The summed E-state index contributed by atoms with van der Waals surface area (Å²) in [5.74, 6) is 0.649. The first-order chi connectivity index (χ1) is 6.34. The lowest BCUT2D eigenvalue weighted by Gasteiger charge is -2.25. The monoisotopic (exact) mass is 184 g/mol. The lowest BCUT2D eigenvalue weighted by molar-refractivity contribution is -0.127. The Hall–Kier alpha value is -0.610. The highest BCUT2D eigenvalue weighted by atomic mass is 16.5. The maximum absolute atomic E-state index is 11.4. The van der Waals surface area contributed by atoms with Crippen LogP contribution >= 0.6 is 0 Å². The molecule has 2 aliphatic heterocycles. The van der Waals surface area contributed by atoms with Crippen LogP contribution in [-0.2, 0) is 9.53 Å². The molecule has 1 amide bonds. The Morgan fingerprint density at radius 3 is 2.92 bits per heavy atom. The number of hydrogen-bond acceptors (Lipinski definition) is 3. The molecule has 2 fully saturated rings. The van der Waals surface area contributed by atoms with Crippen molar-refractivity contribution in [2.75, 3.05) is 26.3 Å². The molecule has 74 valence electrons. The molecule has 0 aromatic heterocycles. The van der Waals surface area contributed by atoms with Crippen molar-refractivity contribution >= 4 is 5.91 Å². The maximum Gasteiger partial charge on any atom is 0.220 e. The third-order valence-electron chi connectivity index (χ3n) is 2.61. The van der Waals surface area contributed by atoms with Gasteiger partial charge in [-0.3, -0.25) is 4.79 Å². The minimum atomic E-state index is 0.182. The fraction of sp³-hybridized carbons (Fsp3) is 0.889. The SMILES string of the molecule is O=C(CC1COC1)NC1CCNC1. The minimum absolute atomic E-state index is 0.182. The molecule has 4 heteroatoms. The topological polar surface area (TPSA) is 50.4 Å². The normalized spacial score (nSPS) is 28.5. The Morgan fingerprint density at radius 2 is 2.38 bits per heavy atom. The van der Waals surface area contributed by atoms with Crippen LogP contribution in [0.25, 0.3) is 0 Å². The lowest BCUT2D eigenvalue weighted by atomic mass is 10.0. The molecule has 2 aliphatic rings. The van der Waals surface area contributed by atoms with Gasteiger partial charge in [-0.25, -0.2) is 0 Å². The Morgan fingerprint density at radius 1 is 1.54 bits per heavy atom. The summed E-state index contributed by atoms with van der Waals surface area (Å²) in [6.07, 6.45) is 1.70. The van der Waals surface area contributed by atoms with Gasteiger partial charge in [-0.15, -0.1) is 0 Å². The van der Waals surface area contributed by atoms with Crippen LogP contribution in [0.15, 0.2) is 0 Å².